The summed E-state index contributed by atoms with van der Waals surface area (Å²) < 4.78 is 11.0. The topological polar surface area (TPSA) is 18.5 Å². The van der Waals surface area contributed by atoms with Gasteiger partial charge in [0, 0.05) is 10.9 Å². The summed E-state index contributed by atoms with van der Waals surface area (Å²) in [6, 6.07) is 8.61. The van der Waals surface area contributed by atoms with Crippen molar-refractivity contribution >= 4 is 15.9 Å². The number of halogens is 1. The third-order valence-electron chi connectivity index (χ3n) is 3.19. The van der Waals surface area contributed by atoms with Gasteiger partial charge in [0.05, 0.1) is 13.2 Å². The van der Waals surface area contributed by atoms with E-state index in [1.54, 1.807) is 0 Å². The molecule has 1 aromatic rings. The Morgan fingerprint density at radius 2 is 1.83 bits per heavy atom. The highest BCUT2D eigenvalue weighted by Gasteiger charge is 2.17. The molecule has 0 amide bonds. The number of ether oxygens (including phenoxy) is 2. The highest BCUT2D eigenvalue weighted by atomic mass is 79.9. The molecule has 0 spiro atoms. The van der Waals surface area contributed by atoms with Gasteiger partial charge in [0.2, 0.25) is 0 Å². The zero-order valence-electron chi connectivity index (χ0n) is 10.7. The predicted octanol–water partition coefficient (Wildman–Crippen LogP) is 4.23. The number of hydrogen-bond acceptors (Lipinski definition) is 2. The predicted molar refractivity (Wildman–Crippen MR) is 77.1 cm³/mol. The molecule has 1 aliphatic heterocycles. The van der Waals surface area contributed by atoms with Crippen molar-refractivity contribution in [3.63, 3.8) is 0 Å². The Hall–Kier alpha value is -0.380. The molecule has 0 aromatic heterocycles. The van der Waals surface area contributed by atoms with Crippen molar-refractivity contribution in [2.45, 2.75) is 38.4 Å². The third kappa shape index (κ3) is 4.38. The van der Waals surface area contributed by atoms with Crippen molar-refractivity contribution in [3.05, 3.63) is 35.4 Å². The molecule has 0 saturated carbocycles. The molecule has 0 atom stereocenters. The normalized spacial score (nSPS) is 16.3. The molecule has 1 aromatic carbocycles. The van der Waals surface area contributed by atoms with Crippen LogP contribution in [0.1, 0.15) is 43.1 Å². The van der Waals surface area contributed by atoms with Crippen molar-refractivity contribution in [1.29, 1.82) is 0 Å². The molecule has 3 heteroatoms. The van der Waals surface area contributed by atoms with E-state index in [4.69, 9.17) is 9.47 Å². The van der Waals surface area contributed by atoms with E-state index < -0.39 is 0 Å². The molecule has 2 nitrogen and oxygen atoms in total. The third-order valence-corrected chi connectivity index (χ3v) is 3.75. The van der Waals surface area contributed by atoms with Crippen LogP contribution < -0.4 is 0 Å². The molecule has 18 heavy (non-hydrogen) atoms. The Balaban J connectivity index is 1.79. The van der Waals surface area contributed by atoms with E-state index in [0.29, 0.717) is 13.2 Å². The summed E-state index contributed by atoms with van der Waals surface area (Å²) in [4.78, 5) is 0. The van der Waals surface area contributed by atoms with E-state index in [0.717, 1.165) is 17.3 Å². The van der Waals surface area contributed by atoms with Crippen molar-refractivity contribution in [3.8, 4) is 0 Å². The number of rotatable bonds is 7. The number of hydrogen-bond donors (Lipinski definition) is 0. The van der Waals surface area contributed by atoms with Crippen molar-refractivity contribution < 1.29 is 9.47 Å². The van der Waals surface area contributed by atoms with Gasteiger partial charge in [0.25, 0.3) is 0 Å². The summed E-state index contributed by atoms with van der Waals surface area (Å²) in [6.45, 7) is 1.42. The molecule has 2 rings (SSSR count). The van der Waals surface area contributed by atoms with Crippen LogP contribution in [0.3, 0.4) is 0 Å². The minimum absolute atomic E-state index is 0.140. The SMILES string of the molecule is BrCCCCCCc1cccc(C2OCCO2)c1. The van der Waals surface area contributed by atoms with Gasteiger partial charge in [-0.05, 0) is 24.8 Å². The molecule has 0 radical (unpaired) electrons. The summed E-state index contributed by atoms with van der Waals surface area (Å²) >= 11 is 3.47. The second-order valence-corrected chi connectivity index (χ2v) is 5.46. The van der Waals surface area contributed by atoms with Crippen LogP contribution in [0.25, 0.3) is 0 Å². The van der Waals surface area contributed by atoms with Gasteiger partial charge < -0.3 is 9.47 Å². The Morgan fingerprint density at radius 1 is 1.06 bits per heavy atom. The van der Waals surface area contributed by atoms with Crippen LogP contribution in [-0.4, -0.2) is 18.5 Å². The van der Waals surface area contributed by atoms with Crippen LogP contribution in [0, 0.1) is 0 Å². The van der Waals surface area contributed by atoms with Crippen molar-refractivity contribution in [1.82, 2.24) is 0 Å². The van der Waals surface area contributed by atoms with E-state index in [9.17, 15) is 0 Å². The first kappa shape index (κ1) is 14.0. The van der Waals surface area contributed by atoms with Crippen LogP contribution >= 0.6 is 15.9 Å². The molecule has 0 unspecified atom stereocenters. The van der Waals surface area contributed by atoms with Gasteiger partial charge in [-0.15, -0.1) is 0 Å². The van der Waals surface area contributed by atoms with Crippen LogP contribution in [-0.2, 0) is 15.9 Å². The maximum atomic E-state index is 5.52. The van der Waals surface area contributed by atoms with Crippen LogP contribution in [0.5, 0.6) is 0 Å². The van der Waals surface area contributed by atoms with Gasteiger partial charge in [-0.1, -0.05) is 53.0 Å². The van der Waals surface area contributed by atoms with Gasteiger partial charge in [0.15, 0.2) is 6.29 Å². The fourth-order valence-corrected chi connectivity index (χ4v) is 2.62. The van der Waals surface area contributed by atoms with Gasteiger partial charge in [0.1, 0.15) is 0 Å². The average Bonchev–Trinajstić information content (AvgIpc) is 2.93. The summed E-state index contributed by atoms with van der Waals surface area (Å²) in [7, 11) is 0. The molecular formula is C15H21BrO2. The summed E-state index contributed by atoms with van der Waals surface area (Å²) in [5.74, 6) is 0. The van der Waals surface area contributed by atoms with E-state index in [-0.39, 0.29) is 6.29 Å². The number of benzene rings is 1. The summed E-state index contributed by atoms with van der Waals surface area (Å²) in [5.41, 5.74) is 2.55. The summed E-state index contributed by atoms with van der Waals surface area (Å²) in [6.07, 6.45) is 6.19. The van der Waals surface area contributed by atoms with Crippen LogP contribution in [0.2, 0.25) is 0 Å². The first-order valence-corrected chi connectivity index (χ1v) is 7.90. The molecule has 1 saturated heterocycles. The molecule has 0 N–H and O–H groups in total. The average molecular weight is 313 g/mol. The van der Waals surface area contributed by atoms with E-state index in [1.807, 2.05) is 0 Å². The highest BCUT2D eigenvalue weighted by molar-refractivity contribution is 9.09. The molecule has 1 aliphatic rings. The van der Waals surface area contributed by atoms with Crippen molar-refractivity contribution in [2.75, 3.05) is 18.5 Å². The minimum Gasteiger partial charge on any atom is -0.346 e. The lowest BCUT2D eigenvalue weighted by Crippen LogP contribution is -1.99. The van der Waals surface area contributed by atoms with Crippen molar-refractivity contribution in [2.24, 2.45) is 0 Å². The first-order chi connectivity index (χ1) is 8.90. The van der Waals surface area contributed by atoms with E-state index >= 15 is 0 Å². The monoisotopic (exact) mass is 312 g/mol. The van der Waals surface area contributed by atoms with E-state index in [1.165, 1.54) is 31.2 Å². The molecule has 0 bridgehead atoms. The van der Waals surface area contributed by atoms with Gasteiger partial charge >= 0.3 is 0 Å². The molecule has 1 fully saturated rings. The van der Waals surface area contributed by atoms with Crippen LogP contribution in [0.15, 0.2) is 24.3 Å². The molecule has 100 valence electrons. The zero-order valence-corrected chi connectivity index (χ0v) is 12.3. The van der Waals surface area contributed by atoms with Gasteiger partial charge in [-0.2, -0.15) is 0 Å². The summed E-state index contributed by atoms with van der Waals surface area (Å²) in [5, 5.41) is 1.12. The number of alkyl halides is 1. The highest BCUT2D eigenvalue weighted by Crippen LogP contribution is 2.24. The quantitative estimate of drug-likeness (QED) is 0.554. The van der Waals surface area contributed by atoms with Gasteiger partial charge in [-0.25, -0.2) is 0 Å². The lowest BCUT2D eigenvalue weighted by Gasteiger charge is -2.10. The Bertz CT molecular complexity index is 348. The molecular weight excluding hydrogens is 292 g/mol. The minimum atomic E-state index is -0.140. The number of aryl methyl sites for hydroxylation is 1. The Kier molecular flexibility index (Phi) is 6.18. The second-order valence-electron chi connectivity index (χ2n) is 4.67. The zero-order chi connectivity index (χ0) is 12.6. The fourth-order valence-electron chi connectivity index (χ4n) is 2.22. The molecule has 1 heterocycles. The van der Waals surface area contributed by atoms with E-state index in [2.05, 4.69) is 40.2 Å². The fraction of sp³-hybridized carbons (Fsp3) is 0.600. The lowest BCUT2D eigenvalue weighted by atomic mass is 10.0. The van der Waals surface area contributed by atoms with Gasteiger partial charge in [-0.3, -0.25) is 0 Å². The standard InChI is InChI=1S/C15H21BrO2/c16-9-4-2-1-3-6-13-7-5-8-14(12-13)15-17-10-11-18-15/h5,7-8,12,15H,1-4,6,9-11H2. The first-order valence-electron chi connectivity index (χ1n) is 6.78. The van der Waals surface area contributed by atoms with Crippen LogP contribution in [0.4, 0.5) is 0 Å². The second kappa shape index (κ2) is 7.93. The largest absolute Gasteiger partial charge is 0.346 e. The Labute approximate surface area is 118 Å². The molecule has 0 aliphatic carbocycles. The lowest BCUT2D eigenvalue weighted by molar-refractivity contribution is -0.0441. The maximum Gasteiger partial charge on any atom is 0.184 e. The maximum absolute atomic E-state index is 5.52. The Morgan fingerprint density at radius 3 is 2.61 bits per heavy atom. The number of unbranched alkanes of at least 4 members (excludes halogenated alkanes) is 3. The smallest absolute Gasteiger partial charge is 0.184 e.